The molecule has 0 bridgehead atoms. The van der Waals surface area contributed by atoms with Crippen LogP contribution in [0.4, 0.5) is 0 Å². The standard InChI is InChI=1S/C24H27N5O3S/c1-14-7-8-18(13-15(14)2)29-24(32)21(17(4)27-29)16(3)25-26-22(30)19-9-10-20(33-19)23(31)28-11-5-6-12-28/h7-10,13,27H,5-6,11-12H2,1-4H3,(H,26,30). The van der Waals surface area contributed by atoms with Crippen LogP contribution < -0.4 is 11.0 Å². The van der Waals surface area contributed by atoms with Crippen LogP contribution >= 0.6 is 11.3 Å². The smallest absolute Gasteiger partial charge is 0.281 e. The van der Waals surface area contributed by atoms with Crippen molar-refractivity contribution in [2.24, 2.45) is 5.10 Å². The van der Waals surface area contributed by atoms with Crippen molar-refractivity contribution < 1.29 is 9.59 Å². The number of H-pyrrole nitrogens is 1. The number of aryl methyl sites for hydroxylation is 3. The number of rotatable bonds is 5. The van der Waals surface area contributed by atoms with E-state index in [4.69, 9.17) is 0 Å². The molecule has 4 rings (SSSR count). The second-order valence-electron chi connectivity index (χ2n) is 8.32. The molecule has 2 aromatic heterocycles. The zero-order valence-corrected chi connectivity index (χ0v) is 20.0. The molecule has 8 nitrogen and oxygen atoms in total. The summed E-state index contributed by atoms with van der Waals surface area (Å²) in [6, 6.07) is 9.10. The number of carbonyl (C=O) groups is 2. The second-order valence-corrected chi connectivity index (χ2v) is 9.41. The third kappa shape index (κ3) is 4.54. The SMILES string of the molecule is CC(=NNC(=O)c1ccc(C(=O)N2CCCC2)s1)c1c(C)[nH]n(-c2ccc(C)c(C)c2)c1=O. The Bertz CT molecular complexity index is 1310. The van der Waals surface area contributed by atoms with Gasteiger partial charge in [0.2, 0.25) is 0 Å². The first-order chi connectivity index (χ1) is 15.8. The third-order valence-electron chi connectivity index (χ3n) is 5.94. The Balaban J connectivity index is 1.51. The summed E-state index contributed by atoms with van der Waals surface area (Å²) in [7, 11) is 0. The van der Waals surface area contributed by atoms with Crippen molar-refractivity contribution in [2.75, 3.05) is 13.1 Å². The maximum absolute atomic E-state index is 13.0. The van der Waals surface area contributed by atoms with Gasteiger partial charge in [0, 0.05) is 18.8 Å². The minimum Gasteiger partial charge on any atom is -0.338 e. The molecule has 3 heterocycles. The highest BCUT2D eigenvalue weighted by molar-refractivity contribution is 7.15. The van der Waals surface area contributed by atoms with E-state index in [0.29, 0.717) is 26.7 Å². The molecule has 9 heteroatoms. The molecule has 1 fully saturated rings. The number of carbonyl (C=O) groups excluding carboxylic acids is 2. The number of nitrogens with one attached hydrogen (secondary N) is 2. The molecule has 2 amide bonds. The van der Waals surface area contributed by atoms with Crippen LogP contribution in [0.25, 0.3) is 5.69 Å². The van der Waals surface area contributed by atoms with E-state index < -0.39 is 5.91 Å². The largest absolute Gasteiger partial charge is 0.338 e. The first-order valence-corrected chi connectivity index (χ1v) is 11.7. The molecule has 1 aromatic carbocycles. The van der Waals surface area contributed by atoms with Crippen molar-refractivity contribution in [1.29, 1.82) is 0 Å². The minimum absolute atomic E-state index is 0.0360. The quantitative estimate of drug-likeness (QED) is 0.445. The molecule has 0 aliphatic carbocycles. The zero-order chi connectivity index (χ0) is 23.7. The summed E-state index contributed by atoms with van der Waals surface area (Å²) in [6.45, 7) is 9.02. The van der Waals surface area contributed by atoms with Crippen LogP contribution in [0.15, 0.2) is 40.2 Å². The third-order valence-corrected chi connectivity index (χ3v) is 7.01. The number of likely N-dealkylation sites (tertiary alicyclic amines) is 1. The number of hydrogen-bond donors (Lipinski definition) is 2. The van der Waals surface area contributed by atoms with E-state index in [1.807, 2.05) is 36.9 Å². The number of nitrogens with zero attached hydrogens (tertiary/aromatic N) is 3. The van der Waals surface area contributed by atoms with Crippen LogP contribution in [-0.4, -0.2) is 45.3 Å². The van der Waals surface area contributed by atoms with E-state index in [0.717, 1.165) is 54.1 Å². The minimum atomic E-state index is -0.414. The molecule has 0 radical (unpaired) electrons. The molecule has 172 valence electrons. The van der Waals surface area contributed by atoms with Crippen LogP contribution in [0, 0.1) is 20.8 Å². The Labute approximate surface area is 195 Å². The maximum atomic E-state index is 13.0. The van der Waals surface area contributed by atoms with E-state index in [2.05, 4.69) is 15.6 Å². The topological polar surface area (TPSA) is 99.6 Å². The van der Waals surface area contributed by atoms with E-state index in [1.165, 1.54) is 4.68 Å². The van der Waals surface area contributed by atoms with E-state index in [1.54, 1.807) is 26.0 Å². The van der Waals surface area contributed by atoms with Gasteiger partial charge in [-0.2, -0.15) is 5.10 Å². The number of hydrazone groups is 1. The molecule has 0 saturated carbocycles. The van der Waals surface area contributed by atoms with Crippen molar-refractivity contribution in [3.63, 3.8) is 0 Å². The Hall–Kier alpha value is -3.46. The van der Waals surface area contributed by atoms with Crippen molar-refractivity contribution >= 4 is 28.9 Å². The summed E-state index contributed by atoms with van der Waals surface area (Å²) in [5.41, 5.74) is 6.71. The summed E-state index contributed by atoms with van der Waals surface area (Å²) < 4.78 is 1.48. The van der Waals surface area contributed by atoms with Crippen LogP contribution in [0.2, 0.25) is 0 Å². The van der Waals surface area contributed by atoms with Gasteiger partial charge in [0.25, 0.3) is 17.4 Å². The van der Waals surface area contributed by atoms with Crippen molar-refractivity contribution in [3.05, 3.63) is 72.8 Å². The highest BCUT2D eigenvalue weighted by Crippen LogP contribution is 2.21. The van der Waals surface area contributed by atoms with Gasteiger partial charge in [-0.1, -0.05) is 6.07 Å². The molecule has 0 unspecified atom stereocenters. The summed E-state index contributed by atoms with van der Waals surface area (Å²) in [5.74, 6) is -0.450. The fourth-order valence-corrected chi connectivity index (χ4v) is 4.78. The van der Waals surface area contributed by atoms with Gasteiger partial charge in [0.05, 0.1) is 26.7 Å². The van der Waals surface area contributed by atoms with E-state index in [9.17, 15) is 14.4 Å². The Kier molecular flexibility index (Phi) is 6.33. The van der Waals surface area contributed by atoms with Gasteiger partial charge in [0.15, 0.2) is 0 Å². The summed E-state index contributed by atoms with van der Waals surface area (Å²) in [5, 5.41) is 7.25. The van der Waals surface area contributed by atoms with Gasteiger partial charge >= 0.3 is 0 Å². The summed E-state index contributed by atoms with van der Waals surface area (Å²) in [6.07, 6.45) is 2.03. The molecule has 1 aliphatic heterocycles. The van der Waals surface area contributed by atoms with Gasteiger partial charge < -0.3 is 4.90 Å². The Morgan fingerprint density at radius 3 is 2.42 bits per heavy atom. The molecule has 1 saturated heterocycles. The predicted octanol–water partition coefficient (Wildman–Crippen LogP) is 3.54. The van der Waals surface area contributed by atoms with Crippen molar-refractivity contribution in [2.45, 2.75) is 40.5 Å². The van der Waals surface area contributed by atoms with Gasteiger partial charge in [-0.3, -0.25) is 19.5 Å². The second kappa shape index (κ2) is 9.19. The molecule has 0 atom stereocenters. The van der Waals surface area contributed by atoms with Crippen molar-refractivity contribution in [1.82, 2.24) is 20.1 Å². The number of amides is 2. The van der Waals surface area contributed by atoms with Gasteiger partial charge in [-0.25, -0.2) is 10.1 Å². The Morgan fingerprint density at radius 1 is 1.03 bits per heavy atom. The van der Waals surface area contributed by atoms with Crippen LogP contribution in [0.3, 0.4) is 0 Å². The fraction of sp³-hybridized carbons (Fsp3) is 0.333. The lowest BCUT2D eigenvalue weighted by Crippen LogP contribution is -2.26. The van der Waals surface area contributed by atoms with Crippen LogP contribution in [0.5, 0.6) is 0 Å². The Morgan fingerprint density at radius 2 is 1.73 bits per heavy atom. The highest BCUT2D eigenvalue weighted by Gasteiger charge is 2.22. The van der Waals surface area contributed by atoms with E-state index >= 15 is 0 Å². The first-order valence-electron chi connectivity index (χ1n) is 10.9. The maximum Gasteiger partial charge on any atom is 0.281 e. The monoisotopic (exact) mass is 465 g/mol. The molecule has 1 aliphatic rings. The highest BCUT2D eigenvalue weighted by atomic mass is 32.1. The molecular formula is C24H27N5O3S. The van der Waals surface area contributed by atoms with Gasteiger partial charge in [-0.15, -0.1) is 11.3 Å². The average molecular weight is 466 g/mol. The molecule has 2 N–H and O–H groups in total. The average Bonchev–Trinajstić information content (AvgIpc) is 3.54. The van der Waals surface area contributed by atoms with Gasteiger partial charge in [-0.05, 0) is 75.9 Å². The fourth-order valence-electron chi connectivity index (χ4n) is 3.92. The molecule has 0 spiro atoms. The predicted molar refractivity (Wildman–Crippen MR) is 130 cm³/mol. The first kappa shape index (κ1) is 22.7. The normalized spacial score (nSPS) is 14.1. The summed E-state index contributed by atoms with van der Waals surface area (Å²) in [4.78, 5) is 40.9. The lowest BCUT2D eigenvalue weighted by atomic mass is 10.1. The van der Waals surface area contributed by atoms with E-state index in [-0.39, 0.29) is 11.5 Å². The molecule has 3 aromatic rings. The molecular weight excluding hydrogens is 438 g/mol. The van der Waals surface area contributed by atoms with Crippen molar-refractivity contribution in [3.8, 4) is 5.69 Å². The van der Waals surface area contributed by atoms with Crippen LogP contribution in [0.1, 0.15) is 61.5 Å². The number of benzene rings is 1. The lowest BCUT2D eigenvalue weighted by molar-refractivity contribution is 0.0797. The van der Waals surface area contributed by atoms with Gasteiger partial charge in [0.1, 0.15) is 0 Å². The number of thiophene rings is 1. The number of aromatic amines is 1. The molecule has 33 heavy (non-hydrogen) atoms. The zero-order valence-electron chi connectivity index (χ0n) is 19.2. The lowest BCUT2D eigenvalue weighted by Gasteiger charge is -2.13. The van der Waals surface area contributed by atoms with Crippen LogP contribution in [-0.2, 0) is 0 Å². The number of aromatic nitrogens is 2. The number of hydrogen-bond acceptors (Lipinski definition) is 5. The summed E-state index contributed by atoms with van der Waals surface area (Å²) >= 11 is 1.15.